The minimum absolute atomic E-state index is 1.34. The van der Waals surface area contributed by atoms with E-state index in [1.165, 1.54) is 14.2 Å². The van der Waals surface area contributed by atoms with Crippen molar-refractivity contribution in [3.63, 3.8) is 0 Å². The third-order valence-corrected chi connectivity index (χ3v) is 0.875. The molecule has 0 aromatic rings. The van der Waals surface area contributed by atoms with Crippen molar-refractivity contribution in [1.29, 1.82) is 0 Å². The topological polar surface area (TPSA) is 40.4 Å². The zero-order chi connectivity index (χ0) is 4.99. The normalized spacial score (nSPS) is 14.3. The van der Waals surface area contributed by atoms with Crippen LogP contribution in [0.1, 0.15) is 0 Å². The van der Waals surface area contributed by atoms with Crippen LogP contribution in [0.5, 0.6) is 0 Å². The van der Waals surface area contributed by atoms with E-state index in [1.807, 2.05) is 0 Å². The summed E-state index contributed by atoms with van der Waals surface area (Å²) in [5, 5.41) is 0. The molecule has 0 aromatic heterocycles. The van der Waals surface area contributed by atoms with Gasteiger partial charge in [-0.3, -0.25) is 4.18 Å². The third-order valence-electron chi connectivity index (χ3n) is 0.292. The summed E-state index contributed by atoms with van der Waals surface area (Å²) >= 11 is -1.41. The van der Waals surface area contributed by atoms with Crippen molar-refractivity contribution in [3.8, 4) is 0 Å². The SMILES string of the molecule is C[N]S(=O)OC. The van der Waals surface area contributed by atoms with E-state index in [9.17, 15) is 4.21 Å². The second-order valence-corrected chi connectivity index (χ2v) is 1.70. The van der Waals surface area contributed by atoms with Crippen LogP contribution in [0.25, 0.3) is 0 Å². The van der Waals surface area contributed by atoms with Crippen molar-refractivity contribution in [3.05, 3.63) is 0 Å². The van der Waals surface area contributed by atoms with Gasteiger partial charge in [0.2, 0.25) is 0 Å². The summed E-state index contributed by atoms with van der Waals surface area (Å²) in [5.41, 5.74) is 0. The second-order valence-electron chi connectivity index (χ2n) is 0.566. The highest BCUT2D eigenvalue weighted by atomic mass is 32.2. The van der Waals surface area contributed by atoms with Gasteiger partial charge in [0.05, 0.1) is 7.11 Å². The molecule has 0 bridgehead atoms. The molecule has 1 atom stereocenters. The molecule has 4 heteroatoms. The molecule has 0 aliphatic rings. The number of nitrogens with zero attached hydrogens (tertiary/aromatic N) is 1. The molecule has 0 fully saturated rings. The molecular weight excluding hydrogens is 102 g/mol. The van der Waals surface area contributed by atoms with Crippen LogP contribution in [0.4, 0.5) is 0 Å². The summed E-state index contributed by atoms with van der Waals surface area (Å²) in [4.78, 5) is 0. The highest BCUT2D eigenvalue weighted by molar-refractivity contribution is 7.77. The summed E-state index contributed by atoms with van der Waals surface area (Å²) in [5.74, 6) is 0. The highest BCUT2D eigenvalue weighted by Gasteiger charge is 1.84. The Morgan fingerprint density at radius 3 is 2.33 bits per heavy atom. The maximum atomic E-state index is 9.90. The maximum Gasteiger partial charge on any atom is 0.251 e. The van der Waals surface area contributed by atoms with Crippen LogP contribution in [0.15, 0.2) is 0 Å². The van der Waals surface area contributed by atoms with Gasteiger partial charge in [-0.05, 0) is 0 Å². The minimum Gasteiger partial charge on any atom is -0.281 e. The van der Waals surface area contributed by atoms with Crippen molar-refractivity contribution in [2.45, 2.75) is 0 Å². The van der Waals surface area contributed by atoms with Crippen LogP contribution >= 0.6 is 0 Å². The Bertz CT molecular complexity index is 49.5. The van der Waals surface area contributed by atoms with Gasteiger partial charge in [0.25, 0.3) is 11.3 Å². The van der Waals surface area contributed by atoms with Crippen LogP contribution in [0, 0.1) is 0 Å². The molecule has 37 valence electrons. The first-order valence-corrected chi connectivity index (χ1v) is 2.40. The van der Waals surface area contributed by atoms with Crippen LogP contribution in [-0.4, -0.2) is 18.4 Å². The molecule has 1 unspecified atom stereocenters. The lowest BCUT2D eigenvalue weighted by Gasteiger charge is -1.85. The Balaban J connectivity index is 2.99. The molecule has 0 N–H and O–H groups in total. The van der Waals surface area contributed by atoms with Gasteiger partial charge in [0.1, 0.15) is 0 Å². The van der Waals surface area contributed by atoms with Crippen LogP contribution in [0.2, 0.25) is 0 Å². The average Bonchev–Trinajstić information content (AvgIpc) is 1.65. The molecule has 0 aliphatic carbocycles. The van der Waals surface area contributed by atoms with E-state index in [-0.39, 0.29) is 0 Å². The molecule has 6 heavy (non-hydrogen) atoms. The molecule has 0 aliphatic heterocycles. The Morgan fingerprint density at radius 1 is 1.83 bits per heavy atom. The summed E-state index contributed by atoms with van der Waals surface area (Å²) < 4.78 is 17.4. The Kier molecular flexibility index (Phi) is 3.31. The first-order valence-electron chi connectivity index (χ1n) is 1.37. The fraction of sp³-hybridized carbons (Fsp3) is 1.00. The zero-order valence-electron chi connectivity index (χ0n) is 3.67. The summed E-state index contributed by atoms with van der Waals surface area (Å²) in [6, 6.07) is 0. The maximum absolute atomic E-state index is 9.90. The van der Waals surface area contributed by atoms with E-state index in [1.54, 1.807) is 0 Å². The van der Waals surface area contributed by atoms with Crippen LogP contribution in [-0.2, 0) is 15.4 Å². The largest absolute Gasteiger partial charge is 0.281 e. The monoisotopic (exact) mass is 108 g/mol. The quantitative estimate of drug-likeness (QED) is 0.476. The molecule has 0 saturated heterocycles. The van der Waals surface area contributed by atoms with E-state index >= 15 is 0 Å². The summed E-state index contributed by atoms with van der Waals surface area (Å²) in [6.07, 6.45) is 0. The van der Waals surface area contributed by atoms with Crippen LogP contribution in [0.3, 0.4) is 0 Å². The van der Waals surface area contributed by atoms with Crippen LogP contribution < -0.4 is 4.72 Å². The average molecular weight is 108 g/mol. The number of hydrogen-bond donors (Lipinski definition) is 0. The molecule has 0 amide bonds. The van der Waals surface area contributed by atoms with Crippen molar-refractivity contribution >= 4 is 11.3 Å². The Hall–Kier alpha value is 0.0700. The third kappa shape index (κ3) is 2.32. The van der Waals surface area contributed by atoms with Crippen molar-refractivity contribution in [2.75, 3.05) is 14.2 Å². The van der Waals surface area contributed by atoms with Gasteiger partial charge >= 0.3 is 0 Å². The summed E-state index contributed by atoms with van der Waals surface area (Å²) in [6.45, 7) is 0. The first-order chi connectivity index (χ1) is 2.81. The van der Waals surface area contributed by atoms with Gasteiger partial charge in [-0.1, -0.05) is 0 Å². The van der Waals surface area contributed by atoms with E-state index in [0.717, 1.165) is 0 Å². The molecule has 0 heterocycles. The molecule has 0 aromatic carbocycles. The van der Waals surface area contributed by atoms with Gasteiger partial charge in [-0.25, -0.2) is 4.21 Å². The number of rotatable bonds is 2. The van der Waals surface area contributed by atoms with Gasteiger partial charge in [0, 0.05) is 7.05 Å². The lowest BCUT2D eigenvalue weighted by Crippen LogP contribution is -2.02. The Labute approximate surface area is 39.5 Å². The molecule has 0 rings (SSSR count). The smallest absolute Gasteiger partial charge is 0.251 e. The fourth-order valence-electron chi connectivity index (χ4n) is 0.0745. The molecule has 0 spiro atoms. The van der Waals surface area contributed by atoms with E-state index in [0.29, 0.717) is 0 Å². The predicted molar refractivity (Wildman–Crippen MR) is 23.2 cm³/mol. The van der Waals surface area contributed by atoms with Crippen molar-refractivity contribution < 1.29 is 8.39 Å². The fourth-order valence-corrected chi connectivity index (χ4v) is 0.224. The van der Waals surface area contributed by atoms with Gasteiger partial charge < -0.3 is 0 Å². The lowest BCUT2D eigenvalue weighted by molar-refractivity contribution is 0.439. The number of hydrogen-bond acceptors (Lipinski definition) is 2. The molecule has 0 saturated carbocycles. The predicted octanol–water partition coefficient (Wildman–Crippen LogP) is -0.554. The van der Waals surface area contributed by atoms with E-state index < -0.39 is 11.3 Å². The first kappa shape index (κ1) is 6.07. The summed E-state index contributed by atoms with van der Waals surface area (Å²) in [7, 11) is 2.77. The van der Waals surface area contributed by atoms with Gasteiger partial charge in [0.15, 0.2) is 0 Å². The van der Waals surface area contributed by atoms with Gasteiger partial charge in [-0.15, -0.1) is 4.72 Å². The second kappa shape index (κ2) is 3.27. The standard InChI is InChI=1S/C2H6NO2S/c1-3-6(4)5-2/h1-2H3. The molecule has 1 radical (unpaired) electrons. The van der Waals surface area contributed by atoms with Crippen molar-refractivity contribution in [1.82, 2.24) is 4.72 Å². The van der Waals surface area contributed by atoms with Crippen molar-refractivity contribution in [2.24, 2.45) is 0 Å². The minimum atomic E-state index is -1.41. The zero-order valence-corrected chi connectivity index (χ0v) is 4.49. The van der Waals surface area contributed by atoms with E-state index in [2.05, 4.69) is 8.91 Å². The molecular formula is C2H6NO2S. The highest BCUT2D eigenvalue weighted by Crippen LogP contribution is 1.68. The van der Waals surface area contributed by atoms with E-state index in [4.69, 9.17) is 0 Å². The molecule has 3 nitrogen and oxygen atoms in total. The Morgan fingerprint density at radius 2 is 2.33 bits per heavy atom. The van der Waals surface area contributed by atoms with Gasteiger partial charge in [-0.2, -0.15) is 0 Å². The lowest BCUT2D eigenvalue weighted by atomic mass is 11.6.